The number of hydrogen-bond donors (Lipinski definition) is 1. The first kappa shape index (κ1) is 15.2. The van der Waals surface area contributed by atoms with Crippen LogP contribution in [0.15, 0.2) is 24.3 Å². The zero-order valence-electron chi connectivity index (χ0n) is 11.9. The Morgan fingerprint density at radius 2 is 1.74 bits per heavy atom. The minimum Gasteiger partial charge on any atom is -0.481 e. The summed E-state index contributed by atoms with van der Waals surface area (Å²) in [6.07, 6.45) is -0.163. The van der Waals surface area contributed by atoms with Crippen LogP contribution in [0.2, 0.25) is 0 Å². The van der Waals surface area contributed by atoms with Gasteiger partial charge in [0.1, 0.15) is 0 Å². The molecule has 4 heteroatoms. The highest BCUT2D eigenvalue weighted by Gasteiger charge is 2.32. The largest absolute Gasteiger partial charge is 0.481 e. The Labute approximate surface area is 114 Å². The summed E-state index contributed by atoms with van der Waals surface area (Å²) in [5, 5.41) is 8.83. The summed E-state index contributed by atoms with van der Waals surface area (Å²) < 4.78 is 0. The molecule has 1 amide bonds. The molecule has 104 valence electrons. The van der Waals surface area contributed by atoms with Crippen LogP contribution in [0.25, 0.3) is 0 Å². The maximum atomic E-state index is 12.2. The molecule has 4 nitrogen and oxygen atoms in total. The number of carbonyl (C=O) groups is 2. The van der Waals surface area contributed by atoms with E-state index in [0.29, 0.717) is 6.54 Å². The fourth-order valence-electron chi connectivity index (χ4n) is 2.01. The molecule has 0 unspecified atom stereocenters. The highest BCUT2D eigenvalue weighted by Crippen LogP contribution is 2.23. The van der Waals surface area contributed by atoms with E-state index in [4.69, 9.17) is 5.11 Å². The molecule has 1 aromatic carbocycles. The number of carboxylic acids is 1. The number of amides is 1. The van der Waals surface area contributed by atoms with Gasteiger partial charge < -0.3 is 10.0 Å². The molecule has 1 aromatic rings. The lowest BCUT2D eigenvalue weighted by molar-refractivity contribution is -0.148. The zero-order chi connectivity index (χ0) is 14.6. The molecule has 0 bridgehead atoms. The second-order valence-corrected chi connectivity index (χ2v) is 5.60. The van der Waals surface area contributed by atoms with Gasteiger partial charge in [-0.15, -0.1) is 0 Å². The smallest absolute Gasteiger partial charge is 0.304 e. The van der Waals surface area contributed by atoms with Crippen molar-refractivity contribution in [3.63, 3.8) is 0 Å². The molecule has 1 N–H and O–H groups in total. The summed E-state index contributed by atoms with van der Waals surface area (Å²) in [6.45, 7) is 5.82. The number of rotatable bonds is 5. The number of aliphatic carboxylic acids is 1. The van der Waals surface area contributed by atoms with E-state index < -0.39 is 11.4 Å². The molecule has 0 saturated carbocycles. The number of aryl methyl sites for hydroxylation is 1. The van der Waals surface area contributed by atoms with E-state index in [9.17, 15) is 9.59 Å². The molecule has 0 saturated heterocycles. The van der Waals surface area contributed by atoms with Crippen LogP contribution in [0.4, 0.5) is 0 Å². The molecule has 0 aliphatic carbocycles. The van der Waals surface area contributed by atoms with Crippen molar-refractivity contribution in [1.29, 1.82) is 0 Å². The standard InChI is InChI=1S/C15H21NO3/c1-11-5-7-12(8-6-11)10-16(4)14(19)15(2,3)9-13(17)18/h5-8H,9-10H2,1-4H3,(H,17,18). The van der Waals surface area contributed by atoms with Gasteiger partial charge in [0.05, 0.1) is 11.8 Å². The molecule has 0 atom stereocenters. The summed E-state index contributed by atoms with van der Waals surface area (Å²) >= 11 is 0. The molecule has 19 heavy (non-hydrogen) atoms. The van der Waals surface area contributed by atoms with Crippen LogP contribution < -0.4 is 0 Å². The van der Waals surface area contributed by atoms with Crippen molar-refractivity contribution < 1.29 is 14.7 Å². The molecule has 0 fully saturated rings. The van der Waals surface area contributed by atoms with Crippen LogP contribution in [-0.2, 0) is 16.1 Å². The van der Waals surface area contributed by atoms with Gasteiger partial charge in [0.15, 0.2) is 0 Å². The third kappa shape index (κ3) is 4.39. The van der Waals surface area contributed by atoms with Crippen molar-refractivity contribution in [2.45, 2.75) is 33.7 Å². The van der Waals surface area contributed by atoms with Crippen LogP contribution in [-0.4, -0.2) is 28.9 Å². The molecule has 0 spiro atoms. The maximum Gasteiger partial charge on any atom is 0.304 e. The van der Waals surface area contributed by atoms with Crippen molar-refractivity contribution in [1.82, 2.24) is 4.90 Å². The van der Waals surface area contributed by atoms with Gasteiger partial charge in [0, 0.05) is 13.6 Å². The molecule has 0 radical (unpaired) electrons. The molecular formula is C15H21NO3. The van der Waals surface area contributed by atoms with Crippen LogP contribution in [0.1, 0.15) is 31.4 Å². The lowest BCUT2D eigenvalue weighted by Gasteiger charge is -2.28. The van der Waals surface area contributed by atoms with E-state index >= 15 is 0 Å². The second kappa shape index (κ2) is 5.87. The average Bonchev–Trinajstić information content (AvgIpc) is 2.29. The first-order valence-corrected chi connectivity index (χ1v) is 6.25. The SMILES string of the molecule is Cc1ccc(CN(C)C(=O)C(C)(C)CC(=O)O)cc1. The lowest BCUT2D eigenvalue weighted by Crippen LogP contribution is -2.39. The van der Waals surface area contributed by atoms with Gasteiger partial charge in [-0.05, 0) is 12.5 Å². The summed E-state index contributed by atoms with van der Waals surface area (Å²) in [5.74, 6) is -1.11. The fourth-order valence-corrected chi connectivity index (χ4v) is 2.01. The molecule has 1 rings (SSSR count). The van der Waals surface area contributed by atoms with Gasteiger partial charge in [0.25, 0.3) is 0 Å². The Kier molecular flexibility index (Phi) is 4.70. The number of carbonyl (C=O) groups excluding carboxylic acids is 1. The number of carboxylic acid groups (broad SMARTS) is 1. The Morgan fingerprint density at radius 3 is 2.21 bits per heavy atom. The van der Waals surface area contributed by atoms with Gasteiger partial charge >= 0.3 is 5.97 Å². The number of hydrogen-bond acceptors (Lipinski definition) is 2. The highest BCUT2D eigenvalue weighted by molar-refractivity contribution is 5.86. The Balaban J connectivity index is 2.72. The van der Waals surface area contributed by atoms with E-state index in [-0.39, 0.29) is 12.3 Å². The van der Waals surface area contributed by atoms with Crippen LogP contribution in [0, 0.1) is 12.3 Å². The van der Waals surface area contributed by atoms with Crippen LogP contribution in [0.5, 0.6) is 0 Å². The number of nitrogens with zero attached hydrogens (tertiary/aromatic N) is 1. The molecule has 0 heterocycles. The Bertz CT molecular complexity index is 463. The van der Waals surface area contributed by atoms with Crippen molar-refractivity contribution in [2.24, 2.45) is 5.41 Å². The summed E-state index contributed by atoms with van der Waals surface area (Å²) in [7, 11) is 1.70. The van der Waals surface area contributed by atoms with Crippen LogP contribution >= 0.6 is 0 Å². The number of benzene rings is 1. The third-order valence-electron chi connectivity index (χ3n) is 3.06. The normalized spacial score (nSPS) is 11.2. The van der Waals surface area contributed by atoms with E-state index in [1.807, 2.05) is 31.2 Å². The van der Waals surface area contributed by atoms with Crippen molar-refractivity contribution in [3.8, 4) is 0 Å². The summed E-state index contributed by atoms with van der Waals surface area (Å²) in [6, 6.07) is 7.94. The van der Waals surface area contributed by atoms with E-state index in [0.717, 1.165) is 5.56 Å². The van der Waals surface area contributed by atoms with Crippen molar-refractivity contribution >= 4 is 11.9 Å². The van der Waals surface area contributed by atoms with Crippen LogP contribution in [0.3, 0.4) is 0 Å². The Morgan fingerprint density at radius 1 is 1.21 bits per heavy atom. The average molecular weight is 263 g/mol. The molecular weight excluding hydrogens is 242 g/mol. The van der Waals surface area contributed by atoms with Crippen molar-refractivity contribution in [3.05, 3.63) is 35.4 Å². The summed E-state index contributed by atoms with van der Waals surface area (Å²) in [5.41, 5.74) is 1.32. The second-order valence-electron chi connectivity index (χ2n) is 5.60. The summed E-state index contributed by atoms with van der Waals surface area (Å²) in [4.78, 5) is 24.6. The first-order valence-electron chi connectivity index (χ1n) is 6.25. The monoisotopic (exact) mass is 263 g/mol. The topological polar surface area (TPSA) is 57.6 Å². The van der Waals surface area contributed by atoms with Gasteiger partial charge in [-0.1, -0.05) is 43.7 Å². The third-order valence-corrected chi connectivity index (χ3v) is 3.06. The molecule has 0 aromatic heterocycles. The predicted octanol–water partition coefficient (Wildman–Crippen LogP) is 2.45. The van der Waals surface area contributed by atoms with E-state index in [1.54, 1.807) is 25.8 Å². The zero-order valence-corrected chi connectivity index (χ0v) is 11.9. The van der Waals surface area contributed by atoms with E-state index in [2.05, 4.69) is 0 Å². The minimum absolute atomic E-state index is 0.157. The fraction of sp³-hybridized carbons (Fsp3) is 0.467. The van der Waals surface area contributed by atoms with Gasteiger partial charge in [-0.25, -0.2) is 0 Å². The quantitative estimate of drug-likeness (QED) is 0.887. The molecule has 0 aliphatic rings. The molecule has 0 aliphatic heterocycles. The highest BCUT2D eigenvalue weighted by atomic mass is 16.4. The minimum atomic E-state index is -0.956. The maximum absolute atomic E-state index is 12.2. The van der Waals surface area contributed by atoms with Gasteiger partial charge in [-0.2, -0.15) is 0 Å². The van der Waals surface area contributed by atoms with Gasteiger partial charge in [0.2, 0.25) is 5.91 Å². The predicted molar refractivity (Wildman–Crippen MR) is 73.7 cm³/mol. The van der Waals surface area contributed by atoms with Gasteiger partial charge in [-0.3, -0.25) is 9.59 Å². The first-order chi connectivity index (χ1) is 8.72. The lowest BCUT2D eigenvalue weighted by atomic mass is 9.87. The van der Waals surface area contributed by atoms with E-state index in [1.165, 1.54) is 5.56 Å². The van der Waals surface area contributed by atoms with Crippen molar-refractivity contribution in [2.75, 3.05) is 7.05 Å². The Hall–Kier alpha value is -1.84.